The number of nitrogens with two attached hydrogens (primary N) is 2. The third-order valence-corrected chi connectivity index (χ3v) is 2.34. The van der Waals surface area contributed by atoms with Crippen molar-refractivity contribution in [1.29, 1.82) is 0 Å². The van der Waals surface area contributed by atoms with E-state index in [2.05, 4.69) is 4.74 Å². The number of carbonyl (C=O) groups is 1. The van der Waals surface area contributed by atoms with E-state index in [4.69, 9.17) is 16.2 Å². The fraction of sp³-hybridized carbons (Fsp3) is 0.417. The van der Waals surface area contributed by atoms with Crippen molar-refractivity contribution < 1.29 is 27.4 Å². The van der Waals surface area contributed by atoms with Crippen molar-refractivity contribution in [3.63, 3.8) is 0 Å². The van der Waals surface area contributed by atoms with Gasteiger partial charge < -0.3 is 20.9 Å². The standard InChI is InChI=1S/C12H15F3N2O3/c1-11(2,20-10(17)18)6-7-3-4-8(5-9(7)16)19-12(13,14)15/h3-5H,6,16H2,1-2H3,(H2,17,18). The molecule has 1 aromatic rings. The van der Waals surface area contributed by atoms with Crippen LogP contribution >= 0.6 is 0 Å². The van der Waals surface area contributed by atoms with Gasteiger partial charge >= 0.3 is 12.5 Å². The van der Waals surface area contributed by atoms with Gasteiger partial charge in [-0.25, -0.2) is 4.79 Å². The molecular weight excluding hydrogens is 277 g/mol. The van der Waals surface area contributed by atoms with Gasteiger partial charge in [-0.15, -0.1) is 13.2 Å². The average Bonchev–Trinajstić information content (AvgIpc) is 2.17. The third-order valence-electron chi connectivity index (χ3n) is 2.34. The lowest BCUT2D eigenvalue weighted by Crippen LogP contribution is -2.33. The molecule has 20 heavy (non-hydrogen) atoms. The fourth-order valence-corrected chi connectivity index (χ4v) is 1.70. The van der Waals surface area contributed by atoms with Crippen molar-refractivity contribution >= 4 is 11.8 Å². The Hall–Kier alpha value is -2.12. The molecule has 0 saturated carbocycles. The number of ether oxygens (including phenoxy) is 2. The molecule has 0 aliphatic heterocycles. The summed E-state index contributed by atoms with van der Waals surface area (Å²) in [5, 5.41) is 0. The lowest BCUT2D eigenvalue weighted by molar-refractivity contribution is -0.274. The molecule has 4 N–H and O–H groups in total. The van der Waals surface area contributed by atoms with Crippen LogP contribution in [0.4, 0.5) is 23.7 Å². The van der Waals surface area contributed by atoms with Gasteiger partial charge in [-0.2, -0.15) is 0 Å². The van der Waals surface area contributed by atoms with Crippen molar-refractivity contribution in [2.75, 3.05) is 5.73 Å². The summed E-state index contributed by atoms with van der Waals surface area (Å²) < 4.78 is 44.8. The van der Waals surface area contributed by atoms with Crippen molar-refractivity contribution in [3.8, 4) is 5.75 Å². The molecule has 0 aliphatic carbocycles. The number of carbonyl (C=O) groups excluding carboxylic acids is 1. The molecule has 5 nitrogen and oxygen atoms in total. The zero-order valence-electron chi connectivity index (χ0n) is 11.0. The number of primary amides is 1. The number of amides is 1. The van der Waals surface area contributed by atoms with E-state index in [1.807, 2.05) is 0 Å². The van der Waals surface area contributed by atoms with Gasteiger partial charge in [-0.05, 0) is 25.5 Å². The first-order valence-electron chi connectivity index (χ1n) is 5.61. The van der Waals surface area contributed by atoms with Crippen molar-refractivity contribution in [1.82, 2.24) is 0 Å². The summed E-state index contributed by atoms with van der Waals surface area (Å²) in [6.45, 7) is 3.22. The summed E-state index contributed by atoms with van der Waals surface area (Å²) in [6, 6.07) is 3.57. The van der Waals surface area contributed by atoms with E-state index in [9.17, 15) is 18.0 Å². The van der Waals surface area contributed by atoms with Crippen molar-refractivity contribution in [2.45, 2.75) is 32.2 Å². The van der Waals surface area contributed by atoms with Crippen LogP contribution < -0.4 is 16.2 Å². The zero-order chi connectivity index (χ0) is 15.6. The van der Waals surface area contributed by atoms with Crippen LogP contribution in [0.25, 0.3) is 0 Å². The topological polar surface area (TPSA) is 87.6 Å². The van der Waals surface area contributed by atoms with E-state index >= 15 is 0 Å². The van der Waals surface area contributed by atoms with Crippen LogP contribution in [0.1, 0.15) is 19.4 Å². The summed E-state index contributed by atoms with van der Waals surface area (Å²) in [5.74, 6) is -0.410. The number of alkyl halides is 3. The Morgan fingerprint density at radius 3 is 2.35 bits per heavy atom. The molecule has 112 valence electrons. The Balaban J connectivity index is 2.86. The summed E-state index contributed by atoms with van der Waals surface area (Å²) in [4.78, 5) is 10.7. The normalized spacial score (nSPS) is 12.1. The fourth-order valence-electron chi connectivity index (χ4n) is 1.70. The van der Waals surface area contributed by atoms with Gasteiger partial charge in [0, 0.05) is 18.2 Å². The van der Waals surface area contributed by atoms with Crippen LogP contribution in [0.2, 0.25) is 0 Å². The van der Waals surface area contributed by atoms with Gasteiger partial charge in [0.15, 0.2) is 0 Å². The second-order valence-electron chi connectivity index (χ2n) is 4.77. The largest absolute Gasteiger partial charge is 0.573 e. The molecule has 0 bridgehead atoms. The van der Waals surface area contributed by atoms with Gasteiger partial charge in [-0.1, -0.05) is 6.07 Å². The predicted molar refractivity (Wildman–Crippen MR) is 66.0 cm³/mol. The van der Waals surface area contributed by atoms with Gasteiger partial charge in [0.05, 0.1) is 0 Å². The number of benzene rings is 1. The van der Waals surface area contributed by atoms with E-state index < -0.39 is 23.8 Å². The molecule has 0 atom stereocenters. The van der Waals surface area contributed by atoms with E-state index in [0.29, 0.717) is 5.56 Å². The number of halogens is 3. The lowest BCUT2D eigenvalue weighted by Gasteiger charge is -2.24. The molecule has 1 amide bonds. The zero-order valence-corrected chi connectivity index (χ0v) is 11.0. The van der Waals surface area contributed by atoms with E-state index in [-0.39, 0.29) is 12.1 Å². The molecule has 8 heteroatoms. The Kier molecular flexibility index (Phi) is 4.36. The van der Waals surface area contributed by atoms with Crippen LogP contribution in [0.5, 0.6) is 5.75 Å². The summed E-state index contributed by atoms with van der Waals surface area (Å²) >= 11 is 0. The Labute approximate surface area is 113 Å². The van der Waals surface area contributed by atoms with Crippen LogP contribution in [0, 0.1) is 0 Å². The van der Waals surface area contributed by atoms with E-state index in [1.54, 1.807) is 13.8 Å². The highest BCUT2D eigenvalue weighted by Gasteiger charge is 2.31. The Morgan fingerprint density at radius 1 is 1.30 bits per heavy atom. The summed E-state index contributed by atoms with van der Waals surface area (Å²) in [6.07, 6.45) is -5.51. The number of anilines is 1. The molecule has 0 unspecified atom stereocenters. The van der Waals surface area contributed by atoms with E-state index in [1.165, 1.54) is 6.07 Å². The first-order valence-corrected chi connectivity index (χ1v) is 5.61. The lowest BCUT2D eigenvalue weighted by atomic mass is 9.97. The second-order valence-corrected chi connectivity index (χ2v) is 4.77. The molecule has 0 spiro atoms. The number of rotatable bonds is 4. The number of hydrogen-bond donors (Lipinski definition) is 2. The van der Waals surface area contributed by atoms with Crippen LogP contribution in [0.3, 0.4) is 0 Å². The van der Waals surface area contributed by atoms with Crippen molar-refractivity contribution in [2.24, 2.45) is 5.73 Å². The minimum absolute atomic E-state index is 0.105. The summed E-state index contributed by atoms with van der Waals surface area (Å²) in [5.41, 5.74) is 10.3. The molecule has 1 aromatic carbocycles. The minimum Gasteiger partial charge on any atom is -0.443 e. The molecular formula is C12H15F3N2O3. The first-order chi connectivity index (χ1) is 8.98. The Morgan fingerprint density at radius 2 is 1.90 bits per heavy atom. The SMILES string of the molecule is CC(C)(Cc1ccc(OC(F)(F)F)cc1N)OC(N)=O. The highest BCUT2D eigenvalue weighted by atomic mass is 19.4. The van der Waals surface area contributed by atoms with Crippen molar-refractivity contribution in [3.05, 3.63) is 23.8 Å². The van der Waals surface area contributed by atoms with Gasteiger partial charge in [-0.3, -0.25) is 0 Å². The predicted octanol–water partition coefficient (Wildman–Crippen LogP) is 2.58. The maximum absolute atomic E-state index is 12.1. The first kappa shape index (κ1) is 15.9. The van der Waals surface area contributed by atoms with Crippen LogP contribution in [0.15, 0.2) is 18.2 Å². The molecule has 0 heterocycles. The van der Waals surface area contributed by atoms with Crippen LogP contribution in [-0.2, 0) is 11.2 Å². The third kappa shape index (κ3) is 5.25. The molecule has 0 aliphatic rings. The smallest absolute Gasteiger partial charge is 0.443 e. The molecule has 0 aromatic heterocycles. The quantitative estimate of drug-likeness (QED) is 0.835. The average molecular weight is 292 g/mol. The molecule has 0 radical (unpaired) electrons. The molecule has 1 rings (SSSR count). The molecule has 0 fully saturated rings. The monoisotopic (exact) mass is 292 g/mol. The number of hydrogen-bond acceptors (Lipinski definition) is 4. The van der Waals surface area contributed by atoms with Gasteiger partial charge in [0.2, 0.25) is 0 Å². The number of nitrogen functional groups attached to an aromatic ring is 1. The minimum atomic E-state index is -4.78. The Bertz CT molecular complexity index is 501. The van der Waals surface area contributed by atoms with Crippen LogP contribution in [-0.4, -0.2) is 18.1 Å². The van der Waals surface area contributed by atoms with Gasteiger partial charge in [0.25, 0.3) is 0 Å². The highest BCUT2D eigenvalue weighted by Crippen LogP contribution is 2.28. The van der Waals surface area contributed by atoms with E-state index in [0.717, 1.165) is 12.1 Å². The second kappa shape index (κ2) is 5.48. The summed E-state index contributed by atoms with van der Waals surface area (Å²) in [7, 11) is 0. The maximum atomic E-state index is 12.1. The highest BCUT2D eigenvalue weighted by molar-refractivity contribution is 5.65. The maximum Gasteiger partial charge on any atom is 0.573 e. The molecule has 0 saturated heterocycles. The van der Waals surface area contributed by atoms with Gasteiger partial charge in [0.1, 0.15) is 11.4 Å².